The van der Waals surface area contributed by atoms with Gasteiger partial charge in [-0.2, -0.15) is 0 Å². The summed E-state index contributed by atoms with van der Waals surface area (Å²) in [5.74, 6) is 1.15. The second-order valence-corrected chi connectivity index (χ2v) is 15.1. The third-order valence-corrected chi connectivity index (χ3v) is 10.6. The van der Waals surface area contributed by atoms with Crippen LogP contribution in [0.25, 0.3) is 0 Å². The first kappa shape index (κ1) is 44.9. The van der Waals surface area contributed by atoms with Crippen molar-refractivity contribution in [3.63, 3.8) is 0 Å². The van der Waals surface area contributed by atoms with E-state index in [4.69, 9.17) is 14.6 Å². The highest BCUT2D eigenvalue weighted by Crippen LogP contribution is 2.24. The molecule has 0 saturated carbocycles. The number of piperidine rings is 1. The Kier molecular flexibility index (Phi) is 30.9. The molecule has 6 nitrogen and oxygen atoms in total. The van der Waals surface area contributed by atoms with Gasteiger partial charge < -0.3 is 19.5 Å². The van der Waals surface area contributed by atoms with E-state index in [2.05, 4.69) is 25.7 Å². The second-order valence-electron chi connectivity index (χ2n) is 15.1. The van der Waals surface area contributed by atoms with Crippen molar-refractivity contribution in [1.82, 2.24) is 4.90 Å². The average molecular weight is 680 g/mol. The lowest BCUT2D eigenvalue weighted by Gasteiger charge is -2.31. The normalized spacial score (nSPS) is 15.4. The van der Waals surface area contributed by atoms with Crippen LogP contribution in [0.2, 0.25) is 0 Å². The Morgan fingerprint density at radius 3 is 1.75 bits per heavy atom. The molecule has 0 amide bonds. The predicted octanol–water partition coefficient (Wildman–Crippen LogP) is 11.4. The van der Waals surface area contributed by atoms with Crippen LogP contribution in [-0.4, -0.2) is 60.9 Å². The Morgan fingerprint density at radius 1 is 0.625 bits per heavy atom. The molecule has 0 aliphatic carbocycles. The maximum Gasteiger partial charge on any atom is 0.306 e. The smallest absolute Gasteiger partial charge is 0.306 e. The third kappa shape index (κ3) is 26.7. The van der Waals surface area contributed by atoms with Gasteiger partial charge in [-0.15, -0.1) is 0 Å². The van der Waals surface area contributed by atoms with Gasteiger partial charge in [0.1, 0.15) is 6.10 Å². The van der Waals surface area contributed by atoms with Gasteiger partial charge >= 0.3 is 11.9 Å². The lowest BCUT2D eigenvalue weighted by molar-refractivity contribution is -0.150. The highest BCUT2D eigenvalue weighted by Gasteiger charge is 2.21. The molecule has 0 aromatic rings. The van der Waals surface area contributed by atoms with E-state index in [9.17, 15) is 9.59 Å². The molecule has 1 N–H and O–H groups in total. The highest BCUT2D eigenvalue weighted by molar-refractivity contribution is 5.69. The molecule has 1 rings (SSSR count). The molecule has 1 aliphatic heterocycles. The number of nitrogens with zero attached hydrogens (tertiary/aromatic N) is 1. The zero-order valence-electron chi connectivity index (χ0n) is 32.3. The third-order valence-electron chi connectivity index (χ3n) is 10.6. The van der Waals surface area contributed by atoms with E-state index < -0.39 is 0 Å². The molecule has 0 aromatic carbocycles. The number of carbonyl (C=O) groups is 2. The Labute approximate surface area is 298 Å². The van der Waals surface area contributed by atoms with Gasteiger partial charge in [0.05, 0.1) is 6.61 Å². The molecule has 2 unspecified atom stereocenters. The Morgan fingerprint density at radius 2 is 1.15 bits per heavy atom. The van der Waals surface area contributed by atoms with E-state index in [0.717, 1.165) is 90.3 Å². The molecule has 0 bridgehead atoms. The van der Waals surface area contributed by atoms with Gasteiger partial charge in [0.2, 0.25) is 0 Å². The first-order chi connectivity index (χ1) is 23.5. The van der Waals surface area contributed by atoms with E-state index in [0.29, 0.717) is 31.3 Å². The summed E-state index contributed by atoms with van der Waals surface area (Å²) < 4.78 is 11.8. The summed E-state index contributed by atoms with van der Waals surface area (Å²) in [7, 11) is 0. The zero-order chi connectivity index (χ0) is 34.9. The average Bonchev–Trinajstić information content (AvgIpc) is 3.10. The number of aliphatic hydroxyl groups is 1. The fourth-order valence-corrected chi connectivity index (χ4v) is 7.25. The van der Waals surface area contributed by atoms with Crippen LogP contribution in [0.5, 0.6) is 0 Å². The molecule has 0 spiro atoms. The van der Waals surface area contributed by atoms with Crippen molar-refractivity contribution < 1.29 is 24.2 Å². The summed E-state index contributed by atoms with van der Waals surface area (Å²) in [6.45, 7) is 10.8. The van der Waals surface area contributed by atoms with Crippen LogP contribution >= 0.6 is 0 Å². The molecule has 48 heavy (non-hydrogen) atoms. The van der Waals surface area contributed by atoms with E-state index in [1.807, 2.05) is 0 Å². The summed E-state index contributed by atoms with van der Waals surface area (Å²) in [4.78, 5) is 27.7. The number of hydrogen-bond donors (Lipinski definition) is 1. The van der Waals surface area contributed by atoms with Crippen molar-refractivity contribution in [3.05, 3.63) is 0 Å². The summed E-state index contributed by atoms with van der Waals surface area (Å²) in [6, 6.07) is 0. The minimum Gasteiger partial charge on any atom is -0.465 e. The largest absolute Gasteiger partial charge is 0.465 e. The van der Waals surface area contributed by atoms with Gasteiger partial charge in [0.15, 0.2) is 0 Å². The molecule has 6 heteroatoms. The SMILES string of the molecule is CCCCCCCCCC(CCCCCCCCC(=O)OCC(CCCC)CCCCCC)OC(=O)CCC1CCN(CCCO)CC1. The van der Waals surface area contributed by atoms with E-state index >= 15 is 0 Å². The van der Waals surface area contributed by atoms with Crippen molar-refractivity contribution in [2.75, 3.05) is 32.8 Å². The van der Waals surface area contributed by atoms with Crippen LogP contribution in [0.15, 0.2) is 0 Å². The van der Waals surface area contributed by atoms with Gasteiger partial charge in [0.25, 0.3) is 0 Å². The van der Waals surface area contributed by atoms with Crippen LogP contribution in [0.4, 0.5) is 0 Å². The second kappa shape index (κ2) is 33.0. The monoisotopic (exact) mass is 680 g/mol. The summed E-state index contributed by atoms with van der Waals surface area (Å²) in [6.07, 6.45) is 32.8. The highest BCUT2D eigenvalue weighted by atomic mass is 16.5. The number of unbranched alkanes of at least 4 members (excludes halogenated alkanes) is 15. The van der Waals surface area contributed by atoms with Gasteiger partial charge in [-0.05, 0) is 95.6 Å². The molecule has 1 heterocycles. The molecule has 0 aromatic heterocycles. The standard InChI is InChI=1S/C42H81NO5/c1-4-7-10-12-13-16-20-26-40(48-42(46)30-29-38-31-34-43(35-32-38)33-23-36-44)27-21-17-14-15-18-22-28-41(45)47-37-39(24-9-6-3)25-19-11-8-5-2/h38-40,44H,4-37H2,1-3H3. The molecule has 284 valence electrons. The maximum atomic E-state index is 12.9. The summed E-state index contributed by atoms with van der Waals surface area (Å²) >= 11 is 0. The van der Waals surface area contributed by atoms with Crippen molar-refractivity contribution in [2.45, 2.75) is 213 Å². The lowest BCUT2D eigenvalue weighted by Crippen LogP contribution is -2.35. The van der Waals surface area contributed by atoms with Crippen molar-refractivity contribution in [2.24, 2.45) is 11.8 Å². The quantitative estimate of drug-likeness (QED) is 0.0539. The minimum absolute atomic E-state index is 0.00530. The first-order valence-corrected chi connectivity index (χ1v) is 21.2. The minimum atomic E-state index is -0.0106. The molecule has 1 saturated heterocycles. The first-order valence-electron chi connectivity index (χ1n) is 21.2. The van der Waals surface area contributed by atoms with Gasteiger partial charge in [-0.25, -0.2) is 0 Å². The van der Waals surface area contributed by atoms with Gasteiger partial charge in [0, 0.05) is 26.0 Å². The van der Waals surface area contributed by atoms with Crippen molar-refractivity contribution in [3.8, 4) is 0 Å². The molecule has 2 atom stereocenters. The number of likely N-dealkylation sites (tertiary alicyclic amines) is 1. The van der Waals surface area contributed by atoms with Gasteiger partial charge in [-0.3, -0.25) is 9.59 Å². The lowest BCUT2D eigenvalue weighted by atomic mass is 9.92. The Hall–Kier alpha value is -1.14. The predicted molar refractivity (Wildman–Crippen MR) is 202 cm³/mol. The fraction of sp³-hybridized carbons (Fsp3) is 0.952. The number of aliphatic hydroxyl groups excluding tert-OH is 1. The molecule has 0 radical (unpaired) electrons. The maximum absolute atomic E-state index is 12.9. The van der Waals surface area contributed by atoms with Gasteiger partial charge in [-0.1, -0.05) is 124 Å². The van der Waals surface area contributed by atoms with Crippen molar-refractivity contribution >= 4 is 11.9 Å². The number of rotatable bonds is 34. The van der Waals surface area contributed by atoms with Crippen molar-refractivity contribution in [1.29, 1.82) is 0 Å². The van der Waals surface area contributed by atoms with Crippen LogP contribution in [0.1, 0.15) is 207 Å². The fourth-order valence-electron chi connectivity index (χ4n) is 7.25. The topological polar surface area (TPSA) is 76.1 Å². The summed E-state index contributed by atoms with van der Waals surface area (Å²) in [5.41, 5.74) is 0. The zero-order valence-corrected chi connectivity index (χ0v) is 32.3. The molecular weight excluding hydrogens is 598 g/mol. The van der Waals surface area contributed by atoms with E-state index in [1.165, 1.54) is 103 Å². The summed E-state index contributed by atoms with van der Waals surface area (Å²) in [5, 5.41) is 9.09. The number of hydrogen-bond acceptors (Lipinski definition) is 6. The number of carbonyl (C=O) groups excluding carboxylic acids is 2. The molecule has 1 aliphatic rings. The van der Waals surface area contributed by atoms with E-state index in [1.54, 1.807) is 0 Å². The Balaban J connectivity index is 2.27. The molecular formula is C42H81NO5. The van der Waals surface area contributed by atoms with Crippen LogP contribution < -0.4 is 0 Å². The van der Waals surface area contributed by atoms with Crippen LogP contribution in [0.3, 0.4) is 0 Å². The van der Waals surface area contributed by atoms with Crippen LogP contribution in [-0.2, 0) is 19.1 Å². The van der Waals surface area contributed by atoms with E-state index in [-0.39, 0.29) is 24.6 Å². The van der Waals surface area contributed by atoms with Crippen LogP contribution in [0, 0.1) is 11.8 Å². The molecule has 1 fully saturated rings. The Bertz CT molecular complexity index is 723. The number of ether oxygens (including phenoxy) is 2. The number of esters is 2.